The Kier molecular flexibility index (Phi) is 6.45. The van der Waals surface area contributed by atoms with Gasteiger partial charge in [-0.1, -0.05) is 39.3 Å². The summed E-state index contributed by atoms with van der Waals surface area (Å²) in [6.07, 6.45) is 0. The van der Waals surface area contributed by atoms with Crippen LogP contribution in [0, 0.1) is 23.7 Å². The zero-order valence-electron chi connectivity index (χ0n) is 14.7. The van der Waals surface area contributed by atoms with Crippen LogP contribution in [0.15, 0.2) is 21.1 Å². The second-order valence-electron chi connectivity index (χ2n) is 7.58. The first kappa shape index (κ1) is 20.2. The minimum atomic E-state index is -1.28. The summed E-state index contributed by atoms with van der Waals surface area (Å²) in [6.45, 7) is 14.1. The van der Waals surface area contributed by atoms with Crippen molar-refractivity contribution in [3.63, 3.8) is 0 Å². The average Bonchev–Trinajstić information content (AvgIpc) is 2.98. The van der Waals surface area contributed by atoms with E-state index in [0.29, 0.717) is 0 Å². The smallest absolute Gasteiger partial charge is 0.0919 e. The molecular weight excluding hydrogens is 496 g/mol. The van der Waals surface area contributed by atoms with E-state index in [9.17, 15) is 0 Å². The van der Waals surface area contributed by atoms with Gasteiger partial charge in [0.15, 0.2) is 0 Å². The highest BCUT2D eigenvalue weighted by molar-refractivity contribution is 9.11. The van der Waals surface area contributed by atoms with Crippen LogP contribution < -0.4 is 9.00 Å². The first-order valence-corrected chi connectivity index (χ1v) is 17.8. The fourth-order valence-corrected chi connectivity index (χ4v) is 9.22. The van der Waals surface area contributed by atoms with Crippen LogP contribution >= 0.6 is 54.5 Å². The van der Waals surface area contributed by atoms with Crippen molar-refractivity contribution in [3.8, 4) is 23.7 Å². The highest BCUT2D eigenvalue weighted by Crippen LogP contribution is 2.24. The predicted molar refractivity (Wildman–Crippen MR) is 124 cm³/mol. The number of rotatable bonds is 2. The van der Waals surface area contributed by atoms with Gasteiger partial charge in [-0.25, -0.2) is 0 Å². The molecule has 0 amide bonds. The Labute approximate surface area is 172 Å². The van der Waals surface area contributed by atoms with Crippen LogP contribution in [0.3, 0.4) is 0 Å². The van der Waals surface area contributed by atoms with Crippen LogP contribution in [0.5, 0.6) is 0 Å². The Balaban J connectivity index is 2.23. The van der Waals surface area contributed by atoms with Crippen molar-refractivity contribution >= 4 is 79.7 Å². The summed E-state index contributed by atoms with van der Waals surface area (Å²) in [5.41, 5.74) is 0. The van der Waals surface area contributed by atoms with Gasteiger partial charge in [0, 0.05) is 8.95 Å². The lowest BCUT2D eigenvalue weighted by Crippen LogP contribution is -2.34. The summed E-state index contributed by atoms with van der Waals surface area (Å²) in [5, 5.41) is 0. The number of hydrogen-bond acceptors (Lipinski definition) is 2. The van der Waals surface area contributed by atoms with Crippen LogP contribution in [0.1, 0.15) is 9.75 Å². The minimum Gasteiger partial charge on any atom is -0.135 e. The molecule has 0 atom stereocenters. The lowest BCUT2D eigenvalue weighted by atomic mass is 10.4. The minimum absolute atomic E-state index is 1.08. The van der Waals surface area contributed by atoms with E-state index in [1.54, 1.807) is 22.7 Å². The third kappa shape index (κ3) is 5.20. The Hall–Kier alpha value is -0.0862. The Bertz CT molecular complexity index is 798. The van der Waals surface area contributed by atoms with Crippen LogP contribution in [-0.4, -0.2) is 16.1 Å². The normalized spacial score (nSPS) is 11.5. The molecule has 6 heteroatoms. The fourth-order valence-electron chi connectivity index (χ4n) is 1.82. The average molecular weight is 516 g/mol. The molecule has 0 aromatic carbocycles. The van der Waals surface area contributed by atoms with E-state index in [1.165, 1.54) is 9.00 Å². The van der Waals surface area contributed by atoms with E-state index in [4.69, 9.17) is 0 Å². The van der Waals surface area contributed by atoms with Gasteiger partial charge in [-0.05, 0) is 76.7 Å². The van der Waals surface area contributed by atoms with E-state index >= 15 is 0 Å². The molecule has 24 heavy (non-hydrogen) atoms. The molecule has 2 aromatic heterocycles. The van der Waals surface area contributed by atoms with Gasteiger partial charge in [-0.3, -0.25) is 0 Å². The topological polar surface area (TPSA) is 0 Å². The Morgan fingerprint density at radius 2 is 1.04 bits per heavy atom. The molecule has 0 saturated carbocycles. The molecule has 0 unspecified atom stereocenters. The van der Waals surface area contributed by atoms with Crippen molar-refractivity contribution in [2.24, 2.45) is 0 Å². The first-order chi connectivity index (χ1) is 11.0. The second-order valence-corrected chi connectivity index (χ2v) is 22.2. The van der Waals surface area contributed by atoms with Crippen LogP contribution in [0.25, 0.3) is 0 Å². The summed E-state index contributed by atoms with van der Waals surface area (Å²) in [4.78, 5) is 2.16. The van der Waals surface area contributed by atoms with Gasteiger partial charge in [0.1, 0.15) is 0 Å². The molecule has 0 N–H and O–H groups in total. The lowest BCUT2D eigenvalue weighted by Gasteiger charge is -2.11. The molecule has 0 aliphatic rings. The largest absolute Gasteiger partial charge is 0.135 e. The SMILES string of the molecule is C[Si](C)(C)c1cc(Br)c(C#CC#Cc2sc([Si](C)(C)C)cc2Br)s1. The molecular formula is C18H20Br2S2Si2. The highest BCUT2D eigenvalue weighted by atomic mass is 79.9. The van der Waals surface area contributed by atoms with Gasteiger partial charge in [0.2, 0.25) is 0 Å². The summed E-state index contributed by atoms with van der Waals surface area (Å²) >= 11 is 10.8. The zero-order valence-corrected chi connectivity index (χ0v) is 21.5. The third-order valence-electron chi connectivity index (χ3n) is 3.27. The standard InChI is InChI=1S/C18H20Br2S2Si2/c1-23(2,3)17-11-13(19)15(21-17)9-7-8-10-16-14(20)12-18(22-16)24(4,5)6/h11-12H,1-6H3. The van der Waals surface area contributed by atoms with E-state index in [1.807, 2.05) is 0 Å². The third-order valence-corrected chi connectivity index (χ3v) is 14.3. The quantitative estimate of drug-likeness (QED) is 0.348. The molecule has 0 radical (unpaired) electrons. The Morgan fingerprint density at radius 3 is 1.29 bits per heavy atom. The molecule has 2 heterocycles. The summed E-state index contributed by atoms with van der Waals surface area (Å²) in [7, 11) is -2.57. The molecule has 126 valence electrons. The van der Waals surface area contributed by atoms with E-state index in [-0.39, 0.29) is 0 Å². The molecule has 0 nitrogen and oxygen atoms in total. The van der Waals surface area contributed by atoms with Crippen molar-refractivity contribution < 1.29 is 0 Å². The van der Waals surface area contributed by atoms with Crippen molar-refractivity contribution in [2.75, 3.05) is 0 Å². The van der Waals surface area contributed by atoms with Gasteiger partial charge in [-0.2, -0.15) is 0 Å². The molecule has 0 saturated heterocycles. The molecule has 0 aliphatic carbocycles. The van der Waals surface area contributed by atoms with E-state index in [2.05, 4.69) is 107 Å². The Morgan fingerprint density at radius 1 is 0.708 bits per heavy atom. The van der Waals surface area contributed by atoms with Crippen molar-refractivity contribution in [1.29, 1.82) is 0 Å². The maximum absolute atomic E-state index is 3.62. The van der Waals surface area contributed by atoms with Crippen molar-refractivity contribution in [3.05, 3.63) is 30.8 Å². The molecule has 2 rings (SSSR count). The van der Waals surface area contributed by atoms with E-state index < -0.39 is 16.1 Å². The summed E-state index contributed by atoms with van der Waals surface area (Å²) in [5.74, 6) is 12.4. The maximum Gasteiger partial charge on any atom is 0.0919 e. The second kappa shape index (κ2) is 7.65. The maximum atomic E-state index is 3.62. The predicted octanol–water partition coefficient (Wildman–Crippen LogP) is 5.83. The fraction of sp³-hybridized carbons (Fsp3) is 0.333. The van der Waals surface area contributed by atoms with Crippen LogP contribution in [0.4, 0.5) is 0 Å². The van der Waals surface area contributed by atoms with Gasteiger partial charge < -0.3 is 0 Å². The number of hydrogen-bond donors (Lipinski definition) is 0. The monoisotopic (exact) mass is 514 g/mol. The van der Waals surface area contributed by atoms with Crippen molar-refractivity contribution in [2.45, 2.75) is 39.3 Å². The van der Waals surface area contributed by atoms with Gasteiger partial charge in [0.25, 0.3) is 0 Å². The molecule has 2 aromatic rings. The van der Waals surface area contributed by atoms with Crippen LogP contribution in [0.2, 0.25) is 39.3 Å². The first-order valence-electron chi connectivity index (χ1n) is 7.60. The van der Waals surface area contributed by atoms with Gasteiger partial charge in [0.05, 0.1) is 25.9 Å². The van der Waals surface area contributed by atoms with Crippen molar-refractivity contribution in [1.82, 2.24) is 0 Å². The molecule has 0 bridgehead atoms. The van der Waals surface area contributed by atoms with Gasteiger partial charge >= 0.3 is 0 Å². The van der Waals surface area contributed by atoms with E-state index in [0.717, 1.165) is 18.7 Å². The molecule has 0 aliphatic heterocycles. The summed E-state index contributed by atoms with van der Waals surface area (Å²) in [6, 6.07) is 4.45. The number of halogens is 2. The number of thiophene rings is 2. The van der Waals surface area contributed by atoms with Gasteiger partial charge in [-0.15, -0.1) is 22.7 Å². The summed E-state index contributed by atoms with van der Waals surface area (Å²) < 4.78 is 5.12. The van der Waals surface area contributed by atoms with Crippen LogP contribution in [-0.2, 0) is 0 Å². The highest BCUT2D eigenvalue weighted by Gasteiger charge is 2.21. The lowest BCUT2D eigenvalue weighted by molar-refractivity contribution is 1.76. The molecule has 0 spiro atoms. The molecule has 0 fully saturated rings. The zero-order chi connectivity index (χ0) is 18.1.